The maximum atomic E-state index is 9.50. The molecule has 0 aromatic rings. The Balaban J connectivity index is 3.96. The lowest BCUT2D eigenvalue weighted by atomic mass is 10.2. The molecule has 0 aromatic heterocycles. The van der Waals surface area contributed by atoms with Gasteiger partial charge in [0.15, 0.2) is 8.32 Å². The topological polar surface area (TPSA) is 29.5 Å². The molecule has 0 aliphatic heterocycles. The Labute approximate surface area is 95.5 Å². The van der Waals surface area contributed by atoms with Gasteiger partial charge in [0.25, 0.3) is 0 Å². The lowest BCUT2D eigenvalue weighted by Crippen LogP contribution is -2.41. The molecule has 0 saturated heterocycles. The first-order valence-corrected chi connectivity index (χ1v) is 8.56. The van der Waals surface area contributed by atoms with Crippen LogP contribution in [0.2, 0.25) is 18.1 Å². The Morgan fingerprint density at radius 3 is 2.27 bits per heavy atom. The van der Waals surface area contributed by atoms with Crippen LogP contribution in [0, 0.1) is 0 Å². The van der Waals surface area contributed by atoms with Crippen LogP contribution in [0.1, 0.15) is 34.1 Å². The van der Waals surface area contributed by atoms with E-state index in [0.717, 1.165) is 0 Å². The predicted octanol–water partition coefficient (Wildman–Crippen LogP) is 3.34. The molecule has 0 rings (SSSR count). The second-order valence-electron chi connectivity index (χ2n) is 5.49. The number of hydrogen-bond acceptors (Lipinski definition) is 2. The van der Waals surface area contributed by atoms with Gasteiger partial charge in [-0.2, -0.15) is 0 Å². The first kappa shape index (κ1) is 14.9. The van der Waals surface area contributed by atoms with Crippen molar-refractivity contribution >= 4 is 8.32 Å². The Morgan fingerprint density at radius 2 is 1.87 bits per heavy atom. The van der Waals surface area contributed by atoms with Gasteiger partial charge >= 0.3 is 0 Å². The maximum Gasteiger partial charge on any atom is 0.191 e. The fourth-order valence-corrected chi connectivity index (χ4v) is 2.03. The molecule has 1 unspecified atom stereocenters. The lowest BCUT2D eigenvalue weighted by molar-refractivity contribution is 0.172. The molecule has 0 aromatic carbocycles. The number of aliphatic hydroxyl groups is 1. The molecular formula is C12H26O2Si. The molecule has 0 heterocycles. The molecule has 0 amide bonds. The van der Waals surface area contributed by atoms with Gasteiger partial charge in [0.05, 0.1) is 6.10 Å². The summed E-state index contributed by atoms with van der Waals surface area (Å²) in [6, 6.07) is 0. The molecule has 0 bridgehead atoms. The average molecular weight is 230 g/mol. The van der Waals surface area contributed by atoms with Crippen molar-refractivity contribution in [3.63, 3.8) is 0 Å². The van der Waals surface area contributed by atoms with Crippen molar-refractivity contribution in [2.45, 2.75) is 58.4 Å². The molecule has 3 heteroatoms. The van der Waals surface area contributed by atoms with Gasteiger partial charge in [-0.3, -0.25) is 0 Å². The molecule has 2 nitrogen and oxygen atoms in total. The minimum absolute atomic E-state index is 0.249. The van der Waals surface area contributed by atoms with Crippen LogP contribution in [0.25, 0.3) is 0 Å². The number of allylic oxidation sites excluding steroid dienone is 1. The summed E-state index contributed by atoms with van der Waals surface area (Å²) in [4.78, 5) is 0. The molecular weight excluding hydrogens is 204 g/mol. The first-order chi connectivity index (χ1) is 6.70. The summed E-state index contributed by atoms with van der Waals surface area (Å²) in [5.41, 5.74) is 0. The van der Waals surface area contributed by atoms with Crippen molar-refractivity contribution in [2.75, 3.05) is 6.61 Å². The molecule has 90 valence electrons. The second kappa shape index (κ2) is 5.82. The fourth-order valence-electron chi connectivity index (χ4n) is 0.970. The zero-order valence-corrected chi connectivity index (χ0v) is 12.0. The Morgan fingerprint density at radius 1 is 1.33 bits per heavy atom. The third-order valence-corrected chi connectivity index (χ3v) is 7.64. The van der Waals surface area contributed by atoms with Crippen molar-refractivity contribution in [3.8, 4) is 0 Å². The van der Waals surface area contributed by atoms with Crippen LogP contribution in [-0.2, 0) is 4.43 Å². The summed E-state index contributed by atoms with van der Waals surface area (Å²) in [6.45, 7) is 13.7. The highest BCUT2D eigenvalue weighted by Crippen LogP contribution is 2.36. The van der Waals surface area contributed by atoms with Gasteiger partial charge in [-0.15, -0.1) is 0 Å². The zero-order valence-electron chi connectivity index (χ0n) is 11.0. The Kier molecular flexibility index (Phi) is 5.78. The Bertz CT molecular complexity index is 204. The van der Waals surface area contributed by atoms with Crippen molar-refractivity contribution in [2.24, 2.45) is 0 Å². The first-order valence-electron chi connectivity index (χ1n) is 5.65. The molecule has 0 aliphatic carbocycles. The predicted molar refractivity (Wildman–Crippen MR) is 68.6 cm³/mol. The largest absolute Gasteiger partial charge is 0.417 e. The van der Waals surface area contributed by atoms with Crippen LogP contribution in [-0.4, -0.2) is 26.1 Å². The van der Waals surface area contributed by atoms with E-state index in [4.69, 9.17) is 4.43 Å². The van der Waals surface area contributed by atoms with Crippen LogP contribution in [0.4, 0.5) is 0 Å². The standard InChI is InChI=1S/C12H26O2Si/c1-7-8-11(13)9-10-14-15(5,6)12(2,3)4/h7-8,11,13H,9-10H2,1-6H3/b8-7+. The molecule has 1 atom stereocenters. The van der Waals surface area contributed by atoms with E-state index in [1.807, 2.05) is 13.0 Å². The van der Waals surface area contributed by atoms with Gasteiger partial charge in [-0.1, -0.05) is 32.9 Å². The van der Waals surface area contributed by atoms with Crippen molar-refractivity contribution in [1.29, 1.82) is 0 Å². The number of aliphatic hydroxyl groups excluding tert-OH is 1. The van der Waals surface area contributed by atoms with E-state index in [1.54, 1.807) is 6.08 Å². The highest BCUT2D eigenvalue weighted by molar-refractivity contribution is 6.74. The zero-order chi connectivity index (χ0) is 12.1. The molecule has 0 saturated carbocycles. The highest BCUT2D eigenvalue weighted by atomic mass is 28.4. The number of hydrogen-bond donors (Lipinski definition) is 1. The summed E-state index contributed by atoms with van der Waals surface area (Å²) in [5.74, 6) is 0. The van der Waals surface area contributed by atoms with E-state index >= 15 is 0 Å². The van der Waals surface area contributed by atoms with Crippen LogP contribution in [0.5, 0.6) is 0 Å². The van der Waals surface area contributed by atoms with Gasteiger partial charge in [0.2, 0.25) is 0 Å². The van der Waals surface area contributed by atoms with E-state index in [0.29, 0.717) is 13.0 Å². The fraction of sp³-hybridized carbons (Fsp3) is 0.833. The third-order valence-electron chi connectivity index (χ3n) is 3.10. The van der Waals surface area contributed by atoms with E-state index in [1.165, 1.54) is 0 Å². The smallest absolute Gasteiger partial charge is 0.191 e. The van der Waals surface area contributed by atoms with Gasteiger partial charge in [0.1, 0.15) is 0 Å². The van der Waals surface area contributed by atoms with Crippen molar-refractivity contribution in [1.82, 2.24) is 0 Å². The summed E-state index contributed by atoms with van der Waals surface area (Å²) in [6.07, 6.45) is 4.00. The van der Waals surface area contributed by atoms with Gasteiger partial charge < -0.3 is 9.53 Å². The Hall–Kier alpha value is -0.123. The van der Waals surface area contributed by atoms with E-state index in [2.05, 4.69) is 33.9 Å². The number of rotatable bonds is 5. The SMILES string of the molecule is C/C=C/C(O)CCO[Si](C)(C)C(C)(C)C. The molecule has 0 fully saturated rings. The normalized spacial score (nSPS) is 15.9. The van der Waals surface area contributed by atoms with Crippen molar-refractivity contribution in [3.05, 3.63) is 12.2 Å². The quantitative estimate of drug-likeness (QED) is 0.580. The molecule has 15 heavy (non-hydrogen) atoms. The van der Waals surface area contributed by atoms with Gasteiger partial charge in [-0.25, -0.2) is 0 Å². The minimum atomic E-state index is -1.63. The molecule has 0 spiro atoms. The van der Waals surface area contributed by atoms with Crippen LogP contribution < -0.4 is 0 Å². The minimum Gasteiger partial charge on any atom is -0.417 e. The van der Waals surface area contributed by atoms with Crippen LogP contribution in [0.3, 0.4) is 0 Å². The summed E-state index contributed by atoms with van der Waals surface area (Å²) >= 11 is 0. The van der Waals surface area contributed by atoms with Gasteiger partial charge in [-0.05, 0) is 31.5 Å². The summed E-state index contributed by atoms with van der Waals surface area (Å²) in [5, 5.41) is 9.75. The highest BCUT2D eigenvalue weighted by Gasteiger charge is 2.36. The second-order valence-corrected chi connectivity index (χ2v) is 10.3. The third kappa shape index (κ3) is 5.49. The molecule has 1 N–H and O–H groups in total. The molecule has 0 aliphatic rings. The van der Waals surface area contributed by atoms with Crippen molar-refractivity contribution < 1.29 is 9.53 Å². The van der Waals surface area contributed by atoms with Crippen LogP contribution in [0.15, 0.2) is 12.2 Å². The lowest BCUT2D eigenvalue weighted by Gasteiger charge is -2.36. The summed E-state index contributed by atoms with van der Waals surface area (Å²) in [7, 11) is -1.63. The average Bonchev–Trinajstić information content (AvgIpc) is 2.01. The van der Waals surface area contributed by atoms with E-state index < -0.39 is 8.32 Å². The van der Waals surface area contributed by atoms with Gasteiger partial charge in [0, 0.05) is 6.61 Å². The van der Waals surface area contributed by atoms with E-state index in [-0.39, 0.29) is 11.1 Å². The summed E-state index contributed by atoms with van der Waals surface area (Å²) < 4.78 is 5.96. The monoisotopic (exact) mass is 230 g/mol. The van der Waals surface area contributed by atoms with E-state index in [9.17, 15) is 5.11 Å². The maximum absolute atomic E-state index is 9.50. The molecule has 0 radical (unpaired) electrons. The van der Waals surface area contributed by atoms with Crippen LogP contribution >= 0.6 is 0 Å².